The summed E-state index contributed by atoms with van der Waals surface area (Å²) in [5, 5.41) is 6.67. The summed E-state index contributed by atoms with van der Waals surface area (Å²) in [7, 11) is 0. The molecule has 0 radical (unpaired) electrons. The highest BCUT2D eigenvalue weighted by molar-refractivity contribution is 5.91. The van der Waals surface area contributed by atoms with Crippen molar-refractivity contribution in [3.05, 3.63) is 65.9 Å². The third-order valence-electron chi connectivity index (χ3n) is 3.25. The molecule has 5 heteroatoms. The Morgan fingerprint density at radius 3 is 2.18 bits per heavy atom. The molecule has 3 N–H and O–H groups in total. The predicted molar refractivity (Wildman–Crippen MR) is 83.8 cm³/mol. The first kappa shape index (κ1) is 13.9. The van der Waals surface area contributed by atoms with Gasteiger partial charge in [0.2, 0.25) is 0 Å². The number of aromatic amines is 1. The number of amides is 1. The quantitative estimate of drug-likeness (QED) is 0.774. The van der Waals surface area contributed by atoms with Crippen molar-refractivity contribution in [3.8, 4) is 22.8 Å². The van der Waals surface area contributed by atoms with Crippen LogP contribution in [0.25, 0.3) is 11.3 Å². The van der Waals surface area contributed by atoms with Crippen molar-refractivity contribution in [1.82, 2.24) is 10.2 Å². The number of H-pyrrole nitrogens is 1. The molecule has 0 aliphatic carbocycles. The van der Waals surface area contributed by atoms with Gasteiger partial charge < -0.3 is 10.5 Å². The van der Waals surface area contributed by atoms with Crippen LogP contribution in [-0.4, -0.2) is 16.1 Å². The number of primary amides is 1. The van der Waals surface area contributed by atoms with E-state index in [0.717, 1.165) is 17.1 Å². The summed E-state index contributed by atoms with van der Waals surface area (Å²) in [4.78, 5) is 11.1. The molecule has 0 saturated carbocycles. The lowest BCUT2D eigenvalue weighted by Crippen LogP contribution is -2.10. The second-order valence-electron chi connectivity index (χ2n) is 4.97. The van der Waals surface area contributed by atoms with Crippen LogP contribution >= 0.6 is 0 Å². The van der Waals surface area contributed by atoms with Crippen LogP contribution in [0.2, 0.25) is 0 Å². The SMILES string of the molecule is Cc1ccc(Oc2ccc(-c3cc(C(N)=O)[nH]n3)cc2)cc1. The van der Waals surface area contributed by atoms with Gasteiger partial charge in [0.25, 0.3) is 5.91 Å². The van der Waals surface area contributed by atoms with Crippen molar-refractivity contribution in [2.45, 2.75) is 6.92 Å². The van der Waals surface area contributed by atoms with Gasteiger partial charge in [0.15, 0.2) is 0 Å². The molecular formula is C17H15N3O2. The van der Waals surface area contributed by atoms with Crippen LogP contribution in [0.4, 0.5) is 0 Å². The van der Waals surface area contributed by atoms with E-state index in [9.17, 15) is 4.79 Å². The summed E-state index contributed by atoms with van der Waals surface area (Å²) >= 11 is 0. The Morgan fingerprint density at radius 1 is 1.05 bits per heavy atom. The number of carbonyl (C=O) groups is 1. The van der Waals surface area contributed by atoms with Crippen molar-refractivity contribution in [3.63, 3.8) is 0 Å². The molecule has 2 aromatic carbocycles. The Labute approximate surface area is 127 Å². The second-order valence-corrected chi connectivity index (χ2v) is 4.97. The lowest BCUT2D eigenvalue weighted by atomic mass is 10.1. The molecule has 0 fully saturated rings. The number of nitrogens with one attached hydrogen (secondary N) is 1. The maximum Gasteiger partial charge on any atom is 0.266 e. The smallest absolute Gasteiger partial charge is 0.266 e. The van der Waals surface area contributed by atoms with Gasteiger partial charge in [-0.05, 0) is 49.4 Å². The van der Waals surface area contributed by atoms with Gasteiger partial charge in [0.05, 0.1) is 5.69 Å². The number of nitrogens with two attached hydrogens (primary N) is 1. The van der Waals surface area contributed by atoms with E-state index in [2.05, 4.69) is 10.2 Å². The molecule has 0 aliphatic rings. The molecule has 0 spiro atoms. The molecule has 5 nitrogen and oxygen atoms in total. The molecule has 0 atom stereocenters. The highest BCUT2D eigenvalue weighted by atomic mass is 16.5. The topological polar surface area (TPSA) is 81.0 Å². The Kier molecular flexibility index (Phi) is 3.62. The number of ether oxygens (including phenoxy) is 1. The summed E-state index contributed by atoms with van der Waals surface area (Å²) in [6.45, 7) is 2.03. The van der Waals surface area contributed by atoms with Crippen molar-refractivity contribution in [2.24, 2.45) is 5.73 Å². The zero-order valence-electron chi connectivity index (χ0n) is 12.0. The molecule has 0 saturated heterocycles. The van der Waals surface area contributed by atoms with E-state index in [0.29, 0.717) is 5.69 Å². The van der Waals surface area contributed by atoms with Crippen LogP contribution < -0.4 is 10.5 Å². The van der Waals surface area contributed by atoms with E-state index < -0.39 is 5.91 Å². The zero-order chi connectivity index (χ0) is 15.5. The number of benzene rings is 2. The fourth-order valence-electron chi connectivity index (χ4n) is 2.03. The largest absolute Gasteiger partial charge is 0.457 e. The minimum absolute atomic E-state index is 0.287. The van der Waals surface area contributed by atoms with Crippen LogP contribution in [0.1, 0.15) is 16.1 Å². The van der Waals surface area contributed by atoms with Crippen molar-refractivity contribution >= 4 is 5.91 Å². The number of rotatable bonds is 4. The van der Waals surface area contributed by atoms with Crippen LogP contribution in [0.5, 0.6) is 11.5 Å². The highest BCUT2D eigenvalue weighted by Crippen LogP contribution is 2.25. The average Bonchev–Trinajstić information content (AvgIpc) is 3.00. The second kappa shape index (κ2) is 5.73. The minimum Gasteiger partial charge on any atom is -0.457 e. The summed E-state index contributed by atoms with van der Waals surface area (Å²) < 4.78 is 5.77. The van der Waals surface area contributed by atoms with E-state index in [4.69, 9.17) is 10.5 Å². The van der Waals surface area contributed by atoms with E-state index in [1.54, 1.807) is 6.07 Å². The molecule has 110 valence electrons. The third kappa shape index (κ3) is 2.98. The van der Waals surface area contributed by atoms with Gasteiger partial charge in [0, 0.05) is 5.56 Å². The molecule has 3 aromatic rings. The summed E-state index contributed by atoms with van der Waals surface area (Å²) in [6.07, 6.45) is 0. The molecule has 0 bridgehead atoms. The van der Waals surface area contributed by atoms with Gasteiger partial charge >= 0.3 is 0 Å². The maximum absolute atomic E-state index is 11.1. The van der Waals surface area contributed by atoms with Gasteiger partial charge in [-0.1, -0.05) is 17.7 Å². The Balaban J connectivity index is 1.77. The Hall–Kier alpha value is -3.08. The highest BCUT2D eigenvalue weighted by Gasteiger charge is 2.08. The fraction of sp³-hybridized carbons (Fsp3) is 0.0588. The molecule has 3 rings (SSSR count). The molecule has 1 aromatic heterocycles. The van der Waals surface area contributed by atoms with Gasteiger partial charge in [-0.25, -0.2) is 0 Å². The standard InChI is InChI=1S/C17H15N3O2/c1-11-2-6-13(7-3-11)22-14-8-4-12(5-9-14)15-10-16(17(18)21)20-19-15/h2-10H,1H3,(H2,18,21)(H,19,20). The fourth-order valence-corrected chi connectivity index (χ4v) is 2.03. The summed E-state index contributed by atoms with van der Waals surface area (Å²) in [5.41, 5.74) is 8.21. The number of hydrogen-bond donors (Lipinski definition) is 2. The molecule has 1 heterocycles. The maximum atomic E-state index is 11.1. The lowest BCUT2D eigenvalue weighted by molar-refractivity contribution is 0.0995. The minimum atomic E-state index is -0.530. The van der Waals surface area contributed by atoms with Crippen molar-refractivity contribution in [2.75, 3.05) is 0 Å². The monoisotopic (exact) mass is 293 g/mol. The predicted octanol–water partition coefficient (Wildman–Crippen LogP) is 3.28. The first-order valence-corrected chi connectivity index (χ1v) is 6.82. The summed E-state index contributed by atoms with van der Waals surface area (Å²) in [5.74, 6) is 0.991. The van der Waals surface area contributed by atoms with Gasteiger partial charge in [0.1, 0.15) is 17.2 Å². The molecule has 0 aliphatic heterocycles. The third-order valence-corrected chi connectivity index (χ3v) is 3.25. The van der Waals surface area contributed by atoms with Gasteiger partial charge in [-0.15, -0.1) is 0 Å². The number of carbonyl (C=O) groups excluding carboxylic acids is 1. The average molecular weight is 293 g/mol. The molecule has 22 heavy (non-hydrogen) atoms. The number of nitrogens with zero attached hydrogens (tertiary/aromatic N) is 1. The Bertz CT molecular complexity index is 790. The number of hydrogen-bond acceptors (Lipinski definition) is 3. The van der Waals surface area contributed by atoms with Crippen LogP contribution in [0.15, 0.2) is 54.6 Å². The summed E-state index contributed by atoms with van der Waals surface area (Å²) in [6, 6.07) is 16.9. The van der Waals surface area contributed by atoms with Gasteiger partial charge in [-0.3, -0.25) is 9.89 Å². The molecular weight excluding hydrogens is 278 g/mol. The lowest BCUT2D eigenvalue weighted by Gasteiger charge is -2.06. The molecule has 1 amide bonds. The van der Waals surface area contributed by atoms with E-state index in [-0.39, 0.29) is 5.69 Å². The van der Waals surface area contributed by atoms with Crippen molar-refractivity contribution < 1.29 is 9.53 Å². The van der Waals surface area contributed by atoms with Gasteiger partial charge in [-0.2, -0.15) is 5.10 Å². The van der Waals surface area contributed by atoms with Crippen molar-refractivity contribution in [1.29, 1.82) is 0 Å². The molecule has 0 unspecified atom stereocenters. The number of aromatic nitrogens is 2. The van der Waals surface area contributed by atoms with Crippen LogP contribution in [0.3, 0.4) is 0 Å². The first-order chi connectivity index (χ1) is 10.6. The zero-order valence-corrected chi connectivity index (χ0v) is 12.0. The van der Waals surface area contributed by atoms with E-state index in [1.807, 2.05) is 55.5 Å². The number of aryl methyl sites for hydroxylation is 1. The normalized spacial score (nSPS) is 10.4. The van der Waals surface area contributed by atoms with E-state index in [1.165, 1.54) is 5.56 Å². The van der Waals surface area contributed by atoms with E-state index >= 15 is 0 Å². The van der Waals surface area contributed by atoms with Crippen LogP contribution in [-0.2, 0) is 0 Å². The first-order valence-electron chi connectivity index (χ1n) is 6.82. The van der Waals surface area contributed by atoms with Crippen LogP contribution in [0, 0.1) is 6.92 Å². The Morgan fingerprint density at radius 2 is 1.64 bits per heavy atom.